The lowest BCUT2D eigenvalue weighted by Gasteiger charge is -2.03. The first-order valence-corrected chi connectivity index (χ1v) is 10.0. The molecule has 0 aromatic heterocycles. The molecular weight excluding hydrogens is 300 g/mol. The van der Waals surface area contributed by atoms with Crippen LogP contribution in [0.1, 0.15) is 84.0 Å². The topological polar surface area (TPSA) is 67.7 Å². The van der Waals surface area contributed by atoms with Gasteiger partial charge in [-0.3, -0.25) is 4.79 Å². The van der Waals surface area contributed by atoms with Crippen LogP contribution in [0, 0.1) is 0 Å². The van der Waals surface area contributed by atoms with Crippen molar-refractivity contribution in [2.45, 2.75) is 96.2 Å². The summed E-state index contributed by atoms with van der Waals surface area (Å²) in [6.07, 6.45) is 19.6. The second kappa shape index (κ2) is 14.5. The molecule has 140 valence electrons. The van der Waals surface area contributed by atoms with Gasteiger partial charge in [0, 0.05) is 19.5 Å². The van der Waals surface area contributed by atoms with Crippen LogP contribution in [0.4, 0.5) is 0 Å². The molecule has 1 fully saturated rings. The fourth-order valence-corrected chi connectivity index (χ4v) is 2.96. The lowest BCUT2D eigenvalue weighted by molar-refractivity contribution is -0.121. The zero-order valence-electron chi connectivity index (χ0n) is 15.6. The number of nitrogens with two attached hydrogens (primary N) is 1. The number of amides is 1. The minimum Gasteiger partial charge on any atom is -0.369 e. The number of epoxide rings is 1. The third-order valence-corrected chi connectivity index (χ3v) is 4.56. The maximum absolute atomic E-state index is 11.4. The van der Waals surface area contributed by atoms with Crippen molar-refractivity contribution in [1.82, 2.24) is 5.32 Å². The summed E-state index contributed by atoms with van der Waals surface area (Å²) in [5.74, 6) is 0.138. The van der Waals surface area contributed by atoms with E-state index in [2.05, 4.69) is 24.4 Å². The lowest BCUT2D eigenvalue weighted by Crippen LogP contribution is -2.28. The highest BCUT2D eigenvalue weighted by Crippen LogP contribution is 2.30. The van der Waals surface area contributed by atoms with Gasteiger partial charge in [0.05, 0.1) is 12.2 Å². The van der Waals surface area contributed by atoms with Crippen molar-refractivity contribution < 1.29 is 9.53 Å². The molecule has 0 aliphatic carbocycles. The van der Waals surface area contributed by atoms with Crippen LogP contribution in [0.15, 0.2) is 12.2 Å². The number of nitrogens with one attached hydrogen (secondary N) is 1. The summed E-state index contributed by atoms with van der Waals surface area (Å²) in [6, 6.07) is 0. The second-order valence-corrected chi connectivity index (χ2v) is 6.86. The van der Waals surface area contributed by atoms with Crippen LogP contribution >= 0.6 is 0 Å². The van der Waals surface area contributed by atoms with Crippen LogP contribution in [-0.2, 0) is 9.53 Å². The molecule has 0 aromatic carbocycles. The Morgan fingerprint density at radius 3 is 2.62 bits per heavy atom. The van der Waals surface area contributed by atoms with Crippen molar-refractivity contribution in [1.29, 1.82) is 0 Å². The summed E-state index contributed by atoms with van der Waals surface area (Å²) in [7, 11) is 0. The van der Waals surface area contributed by atoms with Gasteiger partial charge in [-0.1, -0.05) is 57.6 Å². The van der Waals surface area contributed by atoms with E-state index < -0.39 is 0 Å². The Bertz CT molecular complexity index is 345. The number of allylic oxidation sites excluding steroid dienone is 1. The Morgan fingerprint density at radius 2 is 1.83 bits per heavy atom. The molecule has 1 heterocycles. The minimum absolute atomic E-state index is 0.138. The standard InChI is InChI=1S/C20H38N2O2/c1-2-3-10-13-18-19(24-18)14-11-8-6-4-5-7-9-12-15-20(23)22-17-16-21/h8,11,18-19H,2-7,9-10,12-17,21H2,1H3,(H,22,23). The molecule has 1 rings (SSSR count). The van der Waals surface area contributed by atoms with Crippen LogP contribution in [0.2, 0.25) is 0 Å². The molecule has 0 radical (unpaired) electrons. The van der Waals surface area contributed by atoms with Gasteiger partial charge in [0.2, 0.25) is 5.91 Å². The molecular formula is C20H38N2O2. The number of rotatable bonds is 16. The molecule has 0 spiro atoms. The smallest absolute Gasteiger partial charge is 0.220 e. The van der Waals surface area contributed by atoms with Crippen molar-refractivity contribution in [3.8, 4) is 0 Å². The zero-order chi connectivity index (χ0) is 17.5. The molecule has 1 saturated heterocycles. The SMILES string of the molecule is CCCCCC1OC1CC=CCCCCCCCC(=O)NCCN. The Kier molecular flexibility index (Phi) is 12.8. The fraction of sp³-hybridized carbons (Fsp3) is 0.850. The number of unbranched alkanes of at least 4 members (excludes halogenated alkanes) is 7. The van der Waals surface area contributed by atoms with Gasteiger partial charge >= 0.3 is 0 Å². The average Bonchev–Trinajstić information content (AvgIpc) is 3.33. The number of ether oxygens (including phenoxy) is 1. The largest absolute Gasteiger partial charge is 0.369 e. The van der Waals surface area contributed by atoms with E-state index in [1.807, 2.05) is 0 Å². The molecule has 0 bridgehead atoms. The molecule has 0 aromatic rings. The molecule has 1 aliphatic heterocycles. The van der Waals surface area contributed by atoms with Gasteiger partial charge in [-0.15, -0.1) is 0 Å². The number of hydrogen-bond acceptors (Lipinski definition) is 3. The third kappa shape index (κ3) is 11.6. The van der Waals surface area contributed by atoms with E-state index in [4.69, 9.17) is 10.5 Å². The van der Waals surface area contributed by atoms with E-state index in [-0.39, 0.29) is 5.91 Å². The number of carbonyl (C=O) groups excluding carboxylic acids is 1. The molecule has 1 amide bonds. The van der Waals surface area contributed by atoms with Gasteiger partial charge in [-0.05, 0) is 32.1 Å². The van der Waals surface area contributed by atoms with Gasteiger partial charge in [0.15, 0.2) is 0 Å². The van der Waals surface area contributed by atoms with E-state index in [0.29, 0.717) is 31.7 Å². The maximum atomic E-state index is 11.4. The van der Waals surface area contributed by atoms with Crippen molar-refractivity contribution in [2.24, 2.45) is 5.73 Å². The van der Waals surface area contributed by atoms with Crippen LogP contribution in [0.25, 0.3) is 0 Å². The molecule has 24 heavy (non-hydrogen) atoms. The van der Waals surface area contributed by atoms with E-state index in [9.17, 15) is 4.79 Å². The van der Waals surface area contributed by atoms with Crippen molar-refractivity contribution in [3.63, 3.8) is 0 Å². The first-order valence-electron chi connectivity index (χ1n) is 10.0. The highest BCUT2D eigenvalue weighted by Gasteiger charge is 2.36. The van der Waals surface area contributed by atoms with E-state index in [1.165, 1.54) is 51.4 Å². The molecule has 2 unspecified atom stereocenters. The highest BCUT2D eigenvalue weighted by molar-refractivity contribution is 5.75. The van der Waals surface area contributed by atoms with Gasteiger partial charge in [-0.25, -0.2) is 0 Å². The lowest BCUT2D eigenvalue weighted by atomic mass is 10.1. The van der Waals surface area contributed by atoms with E-state index in [0.717, 1.165) is 19.3 Å². The Balaban J connectivity index is 1.80. The molecule has 3 N–H and O–H groups in total. The van der Waals surface area contributed by atoms with Crippen LogP contribution in [0.5, 0.6) is 0 Å². The normalized spacial score (nSPS) is 19.8. The van der Waals surface area contributed by atoms with E-state index in [1.54, 1.807) is 0 Å². The van der Waals surface area contributed by atoms with Gasteiger partial charge in [0.1, 0.15) is 0 Å². The van der Waals surface area contributed by atoms with E-state index >= 15 is 0 Å². The van der Waals surface area contributed by atoms with Crippen LogP contribution in [0.3, 0.4) is 0 Å². The van der Waals surface area contributed by atoms with Gasteiger partial charge in [-0.2, -0.15) is 0 Å². The maximum Gasteiger partial charge on any atom is 0.220 e. The third-order valence-electron chi connectivity index (χ3n) is 4.56. The van der Waals surface area contributed by atoms with Gasteiger partial charge < -0.3 is 15.8 Å². The Morgan fingerprint density at radius 1 is 1.04 bits per heavy atom. The number of hydrogen-bond donors (Lipinski definition) is 2. The van der Waals surface area contributed by atoms with Gasteiger partial charge in [0.25, 0.3) is 0 Å². The molecule has 2 atom stereocenters. The molecule has 4 nitrogen and oxygen atoms in total. The molecule has 1 aliphatic rings. The first kappa shape index (κ1) is 21.2. The monoisotopic (exact) mass is 338 g/mol. The molecule has 4 heteroatoms. The predicted molar refractivity (Wildman–Crippen MR) is 101 cm³/mol. The molecule has 0 saturated carbocycles. The summed E-state index contributed by atoms with van der Waals surface area (Å²) in [6.45, 7) is 3.36. The Hall–Kier alpha value is -0.870. The quantitative estimate of drug-likeness (QED) is 0.253. The summed E-state index contributed by atoms with van der Waals surface area (Å²) in [4.78, 5) is 11.4. The first-order chi connectivity index (χ1) is 11.8. The fourth-order valence-electron chi connectivity index (χ4n) is 2.96. The van der Waals surface area contributed by atoms with Crippen molar-refractivity contribution in [3.05, 3.63) is 12.2 Å². The zero-order valence-corrected chi connectivity index (χ0v) is 15.6. The highest BCUT2D eigenvalue weighted by atomic mass is 16.6. The summed E-state index contributed by atoms with van der Waals surface area (Å²) in [5.41, 5.74) is 5.35. The second-order valence-electron chi connectivity index (χ2n) is 6.86. The summed E-state index contributed by atoms with van der Waals surface area (Å²) < 4.78 is 5.69. The summed E-state index contributed by atoms with van der Waals surface area (Å²) in [5, 5.41) is 2.81. The summed E-state index contributed by atoms with van der Waals surface area (Å²) >= 11 is 0. The van der Waals surface area contributed by atoms with Crippen LogP contribution < -0.4 is 11.1 Å². The van der Waals surface area contributed by atoms with Crippen molar-refractivity contribution >= 4 is 5.91 Å². The average molecular weight is 339 g/mol. The predicted octanol–water partition coefficient (Wildman–Crippen LogP) is 4.09. The Labute approximate surface area is 148 Å². The van der Waals surface area contributed by atoms with Crippen LogP contribution in [-0.4, -0.2) is 31.2 Å². The number of carbonyl (C=O) groups is 1. The van der Waals surface area contributed by atoms with Crippen molar-refractivity contribution in [2.75, 3.05) is 13.1 Å². The minimum atomic E-state index is 0.138.